The number of nitrogens with zero attached hydrogens (tertiary/aromatic N) is 2. The van der Waals surface area contributed by atoms with E-state index in [4.69, 9.17) is 21.4 Å². The van der Waals surface area contributed by atoms with E-state index in [9.17, 15) is 49.1 Å². The van der Waals surface area contributed by atoms with Crippen molar-refractivity contribution in [1.29, 1.82) is 0 Å². The van der Waals surface area contributed by atoms with Crippen molar-refractivity contribution in [3.8, 4) is 0 Å². The molecule has 0 aliphatic rings. The van der Waals surface area contributed by atoms with Crippen molar-refractivity contribution in [1.82, 2.24) is 9.88 Å². The van der Waals surface area contributed by atoms with Crippen LogP contribution in [0.25, 0.3) is 0 Å². The zero-order valence-electron chi connectivity index (χ0n) is 21.1. The summed E-state index contributed by atoms with van der Waals surface area (Å²) < 4.78 is 99.3. The number of sulfonamides is 1. The van der Waals surface area contributed by atoms with Crippen LogP contribution in [0.5, 0.6) is 0 Å². The standard InChI is InChI=1S/C20H23F3N6O5S.C2HF3O2/c21-20(22,23)14-6-1-2-8-16(14)35(33,34)28-15-7-4-10-29(18(15)32)11-17(31)27-13(12-30)5-3-9-26-19(24)25;3-2(4,5)1(6)7/h1-2,4,6-8,10,12-13,28H,3,5,9,11H2,(H,27,31)(H4,24,25,26);(H,6,7)/t13-;/m0./s1. The Morgan fingerprint density at radius 3 is 2.19 bits per heavy atom. The molecular formula is C22H24F6N6O7S. The summed E-state index contributed by atoms with van der Waals surface area (Å²) >= 11 is 0. The number of aldehydes is 1. The van der Waals surface area contributed by atoms with Crippen molar-refractivity contribution >= 4 is 39.8 Å². The van der Waals surface area contributed by atoms with E-state index < -0.39 is 68.5 Å². The topological polar surface area (TPSA) is 216 Å². The van der Waals surface area contributed by atoms with Crippen LogP contribution in [0.4, 0.5) is 32.0 Å². The third kappa shape index (κ3) is 11.5. The Morgan fingerprint density at radius 2 is 1.67 bits per heavy atom. The number of benzene rings is 1. The van der Waals surface area contributed by atoms with Gasteiger partial charge in [-0.05, 0) is 37.1 Å². The van der Waals surface area contributed by atoms with Crippen LogP contribution in [-0.2, 0) is 37.1 Å². The number of aliphatic imine (C=N–C) groups is 1. The van der Waals surface area contributed by atoms with Crippen molar-refractivity contribution in [3.63, 3.8) is 0 Å². The highest BCUT2D eigenvalue weighted by Crippen LogP contribution is 2.34. The molecule has 0 saturated carbocycles. The maximum absolute atomic E-state index is 13.2. The third-order valence-corrected chi connectivity index (χ3v) is 6.20. The number of rotatable bonds is 11. The third-order valence-electron chi connectivity index (χ3n) is 4.78. The van der Waals surface area contributed by atoms with Crippen LogP contribution in [0.2, 0.25) is 0 Å². The highest BCUT2D eigenvalue weighted by molar-refractivity contribution is 7.92. The number of aliphatic carboxylic acids is 1. The number of amides is 1. The predicted octanol–water partition coefficient (Wildman–Crippen LogP) is 1.04. The number of pyridine rings is 1. The lowest BCUT2D eigenvalue weighted by atomic mass is 10.2. The summed E-state index contributed by atoms with van der Waals surface area (Å²) in [6, 6.07) is 4.89. The quantitative estimate of drug-likeness (QED) is 0.0787. The number of nitrogens with two attached hydrogens (primary N) is 2. The average Bonchev–Trinajstić information content (AvgIpc) is 2.87. The molecule has 232 valence electrons. The molecule has 20 heteroatoms. The highest BCUT2D eigenvalue weighted by atomic mass is 32.2. The van der Waals surface area contributed by atoms with Gasteiger partial charge in [0.25, 0.3) is 15.6 Å². The number of carbonyl (C=O) groups excluding carboxylic acids is 2. The normalized spacial score (nSPS) is 12.2. The van der Waals surface area contributed by atoms with Gasteiger partial charge in [0.05, 0.1) is 16.5 Å². The largest absolute Gasteiger partial charge is 0.490 e. The van der Waals surface area contributed by atoms with Crippen molar-refractivity contribution < 1.29 is 54.3 Å². The van der Waals surface area contributed by atoms with Crippen LogP contribution in [-0.4, -0.2) is 61.0 Å². The minimum Gasteiger partial charge on any atom is -0.475 e. The minimum absolute atomic E-state index is 0.117. The Hall–Kier alpha value is -4.62. The number of nitrogens with one attached hydrogen (secondary N) is 2. The maximum atomic E-state index is 13.2. The predicted molar refractivity (Wildman–Crippen MR) is 135 cm³/mol. The first-order chi connectivity index (χ1) is 19.3. The molecule has 0 spiro atoms. The summed E-state index contributed by atoms with van der Waals surface area (Å²) in [7, 11) is -4.80. The fourth-order valence-electron chi connectivity index (χ4n) is 2.97. The van der Waals surface area contributed by atoms with Crippen LogP contribution >= 0.6 is 0 Å². The number of guanidine groups is 1. The van der Waals surface area contributed by atoms with Crippen LogP contribution in [0.3, 0.4) is 0 Å². The second-order valence-electron chi connectivity index (χ2n) is 8.02. The molecule has 1 aromatic heterocycles. The van der Waals surface area contributed by atoms with Crippen LogP contribution in [0.1, 0.15) is 18.4 Å². The molecule has 0 fully saturated rings. The minimum atomic E-state index is -5.08. The number of anilines is 1. The zero-order chi connectivity index (χ0) is 32.3. The van der Waals surface area contributed by atoms with E-state index in [0.29, 0.717) is 18.8 Å². The molecule has 0 radical (unpaired) electrons. The molecular weight excluding hydrogens is 606 g/mol. The lowest BCUT2D eigenvalue weighted by Gasteiger charge is -2.15. The van der Waals surface area contributed by atoms with Crippen LogP contribution < -0.4 is 27.1 Å². The molecule has 0 aliphatic heterocycles. The highest BCUT2D eigenvalue weighted by Gasteiger charge is 2.38. The first-order valence-electron chi connectivity index (χ1n) is 11.3. The van der Waals surface area contributed by atoms with Crippen molar-refractivity contribution in [3.05, 3.63) is 58.5 Å². The Labute approximate surface area is 233 Å². The van der Waals surface area contributed by atoms with Gasteiger partial charge in [-0.15, -0.1) is 0 Å². The zero-order valence-corrected chi connectivity index (χ0v) is 22.0. The van der Waals surface area contributed by atoms with Gasteiger partial charge in [-0.25, -0.2) is 13.2 Å². The van der Waals surface area contributed by atoms with Gasteiger partial charge in [0.15, 0.2) is 5.96 Å². The van der Waals surface area contributed by atoms with Crippen molar-refractivity contribution in [2.45, 2.75) is 42.7 Å². The number of alkyl halides is 6. The van der Waals surface area contributed by atoms with Gasteiger partial charge in [0.2, 0.25) is 5.91 Å². The molecule has 0 unspecified atom stereocenters. The summed E-state index contributed by atoms with van der Waals surface area (Å²) in [5, 5.41) is 9.53. The van der Waals surface area contributed by atoms with E-state index in [1.807, 2.05) is 4.72 Å². The number of halogens is 6. The number of aromatic nitrogens is 1. The average molecular weight is 631 g/mol. The molecule has 0 bridgehead atoms. The molecule has 7 N–H and O–H groups in total. The lowest BCUT2D eigenvalue weighted by molar-refractivity contribution is -0.192. The van der Waals surface area contributed by atoms with Gasteiger partial charge in [-0.3, -0.25) is 19.3 Å². The van der Waals surface area contributed by atoms with Gasteiger partial charge in [0, 0.05) is 12.7 Å². The number of carbonyl (C=O) groups is 3. The fourth-order valence-corrected chi connectivity index (χ4v) is 4.26. The van der Waals surface area contributed by atoms with Gasteiger partial charge >= 0.3 is 18.3 Å². The first-order valence-corrected chi connectivity index (χ1v) is 12.8. The molecule has 2 aromatic rings. The number of carboxylic acids is 1. The molecule has 1 atom stereocenters. The summed E-state index contributed by atoms with van der Waals surface area (Å²) in [4.78, 5) is 47.7. The second-order valence-corrected chi connectivity index (χ2v) is 9.67. The Morgan fingerprint density at radius 1 is 1.07 bits per heavy atom. The molecule has 1 heterocycles. The van der Waals surface area contributed by atoms with Crippen LogP contribution in [0, 0.1) is 0 Å². The molecule has 1 aromatic carbocycles. The molecule has 13 nitrogen and oxygen atoms in total. The van der Waals surface area contributed by atoms with Gasteiger partial charge in [-0.1, -0.05) is 12.1 Å². The van der Waals surface area contributed by atoms with E-state index in [-0.39, 0.29) is 18.9 Å². The Kier molecular flexibility index (Phi) is 12.5. The van der Waals surface area contributed by atoms with Gasteiger partial charge in [0.1, 0.15) is 18.5 Å². The summed E-state index contributed by atoms with van der Waals surface area (Å²) in [5.41, 5.74) is 7.44. The van der Waals surface area contributed by atoms with Crippen LogP contribution in [0.15, 0.2) is 57.3 Å². The molecule has 0 aliphatic carbocycles. The first kappa shape index (κ1) is 35.4. The second kappa shape index (κ2) is 14.8. The van der Waals surface area contributed by atoms with Gasteiger partial charge in [-0.2, -0.15) is 26.3 Å². The summed E-state index contributed by atoms with van der Waals surface area (Å²) in [5.74, 6) is -3.60. The van der Waals surface area contributed by atoms with E-state index >= 15 is 0 Å². The Balaban J connectivity index is 0.00000112. The molecule has 1 amide bonds. The Bertz CT molecular complexity index is 1450. The summed E-state index contributed by atoms with van der Waals surface area (Å²) in [6.45, 7) is -0.340. The van der Waals surface area contributed by atoms with E-state index in [2.05, 4.69) is 10.3 Å². The molecule has 42 heavy (non-hydrogen) atoms. The lowest BCUT2D eigenvalue weighted by Crippen LogP contribution is -2.40. The molecule has 2 rings (SSSR count). The van der Waals surface area contributed by atoms with E-state index in [1.54, 1.807) is 0 Å². The summed E-state index contributed by atoms with van der Waals surface area (Å²) in [6.07, 6.45) is -7.74. The number of carboxylic acid groups (broad SMARTS) is 1. The monoisotopic (exact) mass is 630 g/mol. The fraction of sp³-hybridized carbons (Fsp3) is 0.318. The molecule has 0 saturated heterocycles. The van der Waals surface area contributed by atoms with Crippen molar-refractivity contribution in [2.75, 3.05) is 11.3 Å². The van der Waals surface area contributed by atoms with Gasteiger partial charge < -0.3 is 31.3 Å². The SMILES string of the molecule is NC(N)=NCCC[C@@H](C=O)NC(=O)Cn1cccc(NS(=O)(=O)c2ccccc2C(F)(F)F)c1=O.O=C(O)C(F)(F)F. The number of hydrogen-bond acceptors (Lipinski definition) is 7. The van der Waals surface area contributed by atoms with E-state index in [0.717, 1.165) is 28.8 Å². The van der Waals surface area contributed by atoms with E-state index in [1.165, 1.54) is 12.3 Å². The maximum Gasteiger partial charge on any atom is 0.490 e. The smallest absolute Gasteiger partial charge is 0.475 e. The van der Waals surface area contributed by atoms with Crippen molar-refractivity contribution in [2.24, 2.45) is 16.5 Å². The number of hydrogen-bond donors (Lipinski definition) is 5.